The normalized spacial score (nSPS) is 15.0. The van der Waals surface area contributed by atoms with Crippen molar-refractivity contribution in [2.75, 3.05) is 60.7 Å². The van der Waals surface area contributed by atoms with E-state index in [2.05, 4.69) is 47.5 Å². The quantitative estimate of drug-likeness (QED) is 0.116. The van der Waals surface area contributed by atoms with Crippen LogP contribution in [-0.2, 0) is 27.7 Å². The third-order valence-electron chi connectivity index (χ3n) is 10.5. The lowest BCUT2D eigenvalue weighted by Crippen LogP contribution is -2.39. The van der Waals surface area contributed by atoms with E-state index in [4.69, 9.17) is 4.74 Å². The van der Waals surface area contributed by atoms with Crippen molar-refractivity contribution in [3.63, 3.8) is 0 Å². The molecule has 0 radical (unpaired) electrons. The number of thioether (sulfide) groups is 1. The molecular formula is C43H45N9O5S2. The van der Waals surface area contributed by atoms with E-state index >= 15 is 0 Å². The summed E-state index contributed by atoms with van der Waals surface area (Å²) < 4.78 is 36.5. The third kappa shape index (κ3) is 9.74. The molecule has 14 nitrogen and oxygen atoms in total. The molecule has 0 saturated carbocycles. The van der Waals surface area contributed by atoms with Crippen molar-refractivity contribution < 1.29 is 22.7 Å². The van der Waals surface area contributed by atoms with Gasteiger partial charge in [0.2, 0.25) is 0 Å². The fourth-order valence-electron chi connectivity index (χ4n) is 7.28. The lowest BCUT2D eigenvalue weighted by atomic mass is 9.94. The first-order valence-electron chi connectivity index (χ1n) is 19.6. The number of carbonyl (C=O) groups excluding carboxylic acids is 2. The Morgan fingerprint density at radius 1 is 0.898 bits per heavy atom. The molecule has 8 rings (SSSR count). The number of pyridine rings is 1. The van der Waals surface area contributed by atoms with Crippen LogP contribution in [0.2, 0.25) is 0 Å². The Bertz CT molecular complexity index is 2530. The van der Waals surface area contributed by atoms with E-state index in [1.165, 1.54) is 17.0 Å². The summed E-state index contributed by atoms with van der Waals surface area (Å²) in [6, 6.07) is 29.4. The first-order valence-corrected chi connectivity index (χ1v) is 22.0. The van der Waals surface area contributed by atoms with Crippen LogP contribution in [0.15, 0.2) is 119 Å². The van der Waals surface area contributed by atoms with Crippen molar-refractivity contribution in [3.05, 3.63) is 137 Å². The molecular weight excluding hydrogens is 787 g/mol. The number of hydrogen-bond acceptors (Lipinski definition) is 12. The molecule has 59 heavy (non-hydrogen) atoms. The van der Waals surface area contributed by atoms with Gasteiger partial charge in [0.25, 0.3) is 21.8 Å². The van der Waals surface area contributed by atoms with Crippen LogP contribution in [0.3, 0.4) is 0 Å². The SMILES string of the molecule is Cc1cc(S(=O)(=O)NC(=O)c2cccc(N3CCc4cccc(C(=O)Nc5cn6ncccc6n5)c4C3)n2)ccc1N[C@H](CCN1CCOCC1)CSc1ccccc1. The standard InChI is InChI=1S/C43H45N9O5S2/c1-30-26-34(15-16-37(30)45-32(18-20-50-22-24-57-25-23-50)29-58-33-9-3-2-4-10-33)59(55,56)49-43(54)38-12-6-13-40(46-38)51-21-17-31-8-5-11-35(36(31)27-51)42(53)48-39-28-52-41(47-39)14-7-19-44-52/h2-16,19,26,28,32,45H,17-18,20-25,27,29H2,1H3,(H,48,53)(H,49,54)/t32-/m1/s1. The first-order chi connectivity index (χ1) is 28.7. The molecule has 3 aromatic heterocycles. The third-order valence-corrected chi connectivity index (χ3v) is 13.0. The molecule has 0 spiro atoms. The van der Waals surface area contributed by atoms with Crippen LogP contribution < -0.4 is 20.3 Å². The van der Waals surface area contributed by atoms with Crippen LogP contribution in [-0.4, -0.2) is 95.9 Å². The lowest BCUT2D eigenvalue weighted by molar-refractivity contribution is 0.0370. The summed E-state index contributed by atoms with van der Waals surface area (Å²) in [6.07, 6.45) is 4.85. The van der Waals surface area contributed by atoms with E-state index in [-0.39, 0.29) is 22.5 Å². The molecule has 0 bridgehead atoms. The van der Waals surface area contributed by atoms with Crippen molar-refractivity contribution in [1.82, 2.24) is 29.2 Å². The van der Waals surface area contributed by atoms with Crippen molar-refractivity contribution in [3.8, 4) is 0 Å². The molecule has 0 unspecified atom stereocenters. The monoisotopic (exact) mass is 831 g/mol. The number of sulfonamides is 1. The molecule has 6 aromatic rings. The molecule has 5 heterocycles. The summed E-state index contributed by atoms with van der Waals surface area (Å²) in [5, 5.41) is 10.8. The van der Waals surface area contributed by atoms with Gasteiger partial charge in [0.1, 0.15) is 11.5 Å². The highest BCUT2D eigenvalue weighted by Gasteiger charge is 2.26. The maximum atomic E-state index is 13.6. The number of amides is 2. The van der Waals surface area contributed by atoms with Crippen molar-refractivity contribution >= 4 is 56.6 Å². The van der Waals surface area contributed by atoms with Crippen molar-refractivity contribution in [1.29, 1.82) is 0 Å². The van der Waals surface area contributed by atoms with Crippen LogP contribution in [0.4, 0.5) is 17.3 Å². The Balaban J connectivity index is 0.922. The maximum absolute atomic E-state index is 13.6. The minimum absolute atomic E-state index is 0.0214. The van der Waals surface area contributed by atoms with Crippen LogP contribution in [0.5, 0.6) is 0 Å². The van der Waals surface area contributed by atoms with Crippen LogP contribution in [0.25, 0.3) is 5.65 Å². The summed E-state index contributed by atoms with van der Waals surface area (Å²) in [5.41, 5.74) is 4.53. The van der Waals surface area contributed by atoms with Gasteiger partial charge in [-0.05, 0) is 97.1 Å². The van der Waals surface area contributed by atoms with E-state index in [0.717, 1.165) is 67.4 Å². The first kappa shape index (κ1) is 40.0. The van der Waals surface area contributed by atoms with E-state index in [0.29, 0.717) is 42.4 Å². The van der Waals surface area contributed by atoms with Crippen LogP contribution in [0, 0.1) is 6.92 Å². The Labute approximate surface area is 347 Å². The molecule has 0 aliphatic carbocycles. The molecule has 3 aromatic carbocycles. The molecule has 2 aliphatic rings. The van der Waals surface area contributed by atoms with Crippen molar-refractivity contribution in [2.24, 2.45) is 0 Å². The van der Waals surface area contributed by atoms with Gasteiger partial charge in [-0.1, -0.05) is 36.4 Å². The van der Waals surface area contributed by atoms with Crippen LogP contribution >= 0.6 is 11.8 Å². The number of fused-ring (bicyclic) bond motifs is 2. The Morgan fingerprint density at radius 2 is 1.73 bits per heavy atom. The zero-order valence-electron chi connectivity index (χ0n) is 32.6. The molecule has 2 amide bonds. The number of imidazole rings is 1. The Morgan fingerprint density at radius 3 is 2.54 bits per heavy atom. The second kappa shape index (κ2) is 18.0. The zero-order valence-corrected chi connectivity index (χ0v) is 34.2. The fourth-order valence-corrected chi connectivity index (χ4v) is 9.32. The predicted octanol–water partition coefficient (Wildman–Crippen LogP) is 5.66. The number of nitrogens with zero attached hydrogens (tertiary/aromatic N) is 6. The molecule has 1 atom stereocenters. The van der Waals surface area contributed by atoms with Gasteiger partial charge in [-0.25, -0.2) is 27.6 Å². The van der Waals surface area contributed by atoms with E-state index in [1.807, 2.05) is 42.2 Å². The second-order valence-electron chi connectivity index (χ2n) is 14.5. The van der Waals surface area contributed by atoms with Gasteiger partial charge in [0.05, 0.1) is 24.3 Å². The number of rotatable bonds is 14. The molecule has 16 heteroatoms. The zero-order chi connectivity index (χ0) is 40.8. The van der Waals surface area contributed by atoms with Crippen LogP contribution in [0.1, 0.15) is 44.0 Å². The van der Waals surface area contributed by atoms with E-state index in [1.54, 1.807) is 71.1 Å². The average Bonchev–Trinajstić information content (AvgIpc) is 3.67. The van der Waals surface area contributed by atoms with Gasteiger partial charge >= 0.3 is 0 Å². The number of benzene rings is 3. The molecule has 1 saturated heterocycles. The number of carbonyl (C=O) groups is 2. The maximum Gasteiger partial charge on any atom is 0.283 e. The predicted molar refractivity (Wildman–Crippen MR) is 229 cm³/mol. The summed E-state index contributed by atoms with van der Waals surface area (Å²) in [7, 11) is -4.23. The molecule has 3 N–H and O–H groups in total. The molecule has 2 aliphatic heterocycles. The summed E-state index contributed by atoms with van der Waals surface area (Å²) >= 11 is 1.78. The number of nitrogens with one attached hydrogen (secondary N) is 3. The highest BCUT2D eigenvalue weighted by Crippen LogP contribution is 2.28. The van der Waals surface area contributed by atoms with Gasteiger partial charge in [-0.15, -0.1) is 11.8 Å². The lowest BCUT2D eigenvalue weighted by Gasteiger charge is -2.31. The second-order valence-corrected chi connectivity index (χ2v) is 17.3. The number of anilines is 3. The molecule has 1 fully saturated rings. The fraction of sp³-hybridized carbons (Fsp3) is 0.279. The summed E-state index contributed by atoms with van der Waals surface area (Å²) in [6.45, 7) is 7.04. The number of aryl methyl sites for hydroxylation is 1. The van der Waals surface area contributed by atoms with E-state index < -0.39 is 15.9 Å². The number of morpholine rings is 1. The summed E-state index contributed by atoms with van der Waals surface area (Å²) in [5.74, 6) is 0.561. The number of ether oxygens (including phenoxy) is 1. The van der Waals surface area contributed by atoms with E-state index in [9.17, 15) is 18.0 Å². The number of hydrogen-bond donors (Lipinski definition) is 3. The smallest absolute Gasteiger partial charge is 0.283 e. The van der Waals surface area contributed by atoms with Gasteiger partial charge in [-0.3, -0.25) is 14.5 Å². The molecule has 304 valence electrons. The average molecular weight is 832 g/mol. The highest BCUT2D eigenvalue weighted by molar-refractivity contribution is 7.99. The Kier molecular flexibility index (Phi) is 12.2. The van der Waals surface area contributed by atoms with Gasteiger partial charge in [0, 0.05) is 66.9 Å². The minimum Gasteiger partial charge on any atom is -0.381 e. The number of aromatic nitrogens is 4. The van der Waals surface area contributed by atoms with Gasteiger partial charge in [-0.2, -0.15) is 5.10 Å². The minimum atomic E-state index is -4.23. The summed E-state index contributed by atoms with van der Waals surface area (Å²) in [4.78, 5) is 41.5. The topological polar surface area (TPSA) is 163 Å². The largest absolute Gasteiger partial charge is 0.381 e. The van der Waals surface area contributed by atoms with Gasteiger partial charge < -0.3 is 20.3 Å². The van der Waals surface area contributed by atoms with Crippen molar-refractivity contribution in [2.45, 2.75) is 42.1 Å². The Hall–Kier alpha value is -5.81. The highest BCUT2D eigenvalue weighted by atomic mass is 32.2. The van der Waals surface area contributed by atoms with Gasteiger partial charge in [0.15, 0.2) is 11.5 Å².